The first-order chi connectivity index (χ1) is 20.7. The van der Waals surface area contributed by atoms with Crippen molar-refractivity contribution < 1.29 is 14.3 Å². The number of ether oxygens (including phenoxy) is 2. The maximum atomic E-state index is 13.0. The second-order valence-electron chi connectivity index (χ2n) is 10.2. The molecule has 0 saturated carbocycles. The number of halogens is 2. The van der Waals surface area contributed by atoms with Gasteiger partial charge < -0.3 is 24.7 Å². The van der Waals surface area contributed by atoms with Crippen molar-refractivity contribution in [3.63, 3.8) is 0 Å². The van der Waals surface area contributed by atoms with E-state index >= 15 is 0 Å². The molecule has 4 aromatic rings. The first kappa shape index (κ1) is 30.5. The lowest BCUT2D eigenvalue weighted by atomic mass is 10.00. The van der Waals surface area contributed by atoms with Crippen LogP contribution in [0.15, 0.2) is 64.3 Å². The molecule has 1 aliphatic rings. The number of aromatic nitrogens is 3. The highest BCUT2D eigenvalue weighted by molar-refractivity contribution is 6.39. The topological polar surface area (TPSA) is 116 Å². The largest absolute Gasteiger partial charge is 0.481 e. The molecule has 1 fully saturated rings. The number of rotatable bonds is 8. The van der Waals surface area contributed by atoms with Crippen LogP contribution in [0.5, 0.6) is 5.88 Å². The SMILES string of the molecule is COc1nc(-c2cccc(-c3cccc(NC(=O)c4cn(C)c(=O)n(C)c4=O)c3Cl)c2Cl)ccc1CNC1CCOCC1. The van der Waals surface area contributed by atoms with E-state index in [0.29, 0.717) is 45.9 Å². The van der Waals surface area contributed by atoms with E-state index in [2.05, 4.69) is 10.6 Å². The van der Waals surface area contributed by atoms with E-state index in [1.807, 2.05) is 30.3 Å². The molecule has 0 atom stereocenters. The molecule has 2 N–H and O–H groups in total. The number of anilines is 1. The van der Waals surface area contributed by atoms with E-state index in [1.54, 1.807) is 25.3 Å². The molecule has 12 heteroatoms. The summed E-state index contributed by atoms with van der Waals surface area (Å²) in [7, 11) is 4.36. The number of hydrogen-bond donors (Lipinski definition) is 2. The Labute approximate surface area is 258 Å². The summed E-state index contributed by atoms with van der Waals surface area (Å²) >= 11 is 13.7. The van der Waals surface area contributed by atoms with Crippen LogP contribution in [-0.4, -0.2) is 46.4 Å². The standard InChI is InChI=1S/C31H31Cl2N5O5/c1-37-17-23(30(40)38(2)31(37)41)28(39)35-25-9-5-7-21(27(25)33)20-6-4-8-22(26(20)32)24-11-10-18(29(36-24)42-3)16-34-19-12-14-43-15-13-19/h4-11,17,19,34H,12-16H2,1-3H3,(H,35,39). The van der Waals surface area contributed by atoms with E-state index in [1.165, 1.54) is 20.3 Å². The van der Waals surface area contributed by atoms with Crippen LogP contribution in [0.25, 0.3) is 22.4 Å². The van der Waals surface area contributed by atoms with Gasteiger partial charge in [0.25, 0.3) is 11.5 Å². The predicted octanol–water partition coefficient (Wildman–Crippen LogP) is 4.65. The van der Waals surface area contributed by atoms with Crippen LogP contribution in [0.3, 0.4) is 0 Å². The van der Waals surface area contributed by atoms with Gasteiger partial charge in [0.1, 0.15) is 5.56 Å². The van der Waals surface area contributed by atoms with Gasteiger partial charge in [-0.15, -0.1) is 0 Å². The Hall–Kier alpha value is -3.96. The third-order valence-corrected chi connectivity index (χ3v) is 8.25. The summed E-state index contributed by atoms with van der Waals surface area (Å²) in [6.45, 7) is 2.14. The number of benzene rings is 2. The Morgan fingerprint density at radius 1 is 1.00 bits per heavy atom. The predicted molar refractivity (Wildman–Crippen MR) is 167 cm³/mol. The molecule has 1 amide bonds. The molecule has 3 heterocycles. The second kappa shape index (κ2) is 13.1. The molecule has 1 aliphatic heterocycles. The van der Waals surface area contributed by atoms with Gasteiger partial charge in [-0.25, -0.2) is 9.78 Å². The summed E-state index contributed by atoms with van der Waals surface area (Å²) in [5.41, 5.74) is 2.28. The number of carbonyl (C=O) groups is 1. The van der Waals surface area contributed by atoms with Crippen LogP contribution in [0, 0.1) is 0 Å². The van der Waals surface area contributed by atoms with Gasteiger partial charge in [-0.2, -0.15) is 0 Å². The molecule has 0 aliphatic carbocycles. The lowest BCUT2D eigenvalue weighted by Gasteiger charge is -2.23. The average Bonchev–Trinajstić information content (AvgIpc) is 3.02. The Bertz CT molecular complexity index is 1800. The van der Waals surface area contributed by atoms with E-state index in [-0.39, 0.29) is 16.3 Å². The number of nitrogens with one attached hydrogen (secondary N) is 2. The van der Waals surface area contributed by atoms with Gasteiger partial charge in [0.2, 0.25) is 5.88 Å². The van der Waals surface area contributed by atoms with Gasteiger partial charge in [0, 0.05) is 68.3 Å². The van der Waals surface area contributed by atoms with Gasteiger partial charge in [0.15, 0.2) is 0 Å². The summed E-state index contributed by atoms with van der Waals surface area (Å²) in [6.07, 6.45) is 3.14. The molecule has 10 nitrogen and oxygen atoms in total. The fraction of sp³-hybridized carbons (Fsp3) is 0.290. The molecule has 1 saturated heterocycles. The van der Waals surface area contributed by atoms with Gasteiger partial charge in [-0.3, -0.25) is 14.2 Å². The summed E-state index contributed by atoms with van der Waals surface area (Å²) in [6, 6.07) is 14.9. The zero-order chi connectivity index (χ0) is 30.7. The molecule has 2 aromatic carbocycles. The Kier molecular flexibility index (Phi) is 9.31. The number of methoxy groups -OCH3 is 1. The highest BCUT2D eigenvalue weighted by Crippen LogP contribution is 2.41. The number of aryl methyl sites for hydroxylation is 1. The van der Waals surface area contributed by atoms with Gasteiger partial charge >= 0.3 is 5.69 Å². The first-order valence-corrected chi connectivity index (χ1v) is 14.5. The molecule has 0 unspecified atom stereocenters. The Balaban J connectivity index is 1.42. The van der Waals surface area contributed by atoms with Crippen molar-refractivity contribution >= 4 is 34.8 Å². The summed E-state index contributed by atoms with van der Waals surface area (Å²) in [4.78, 5) is 42.4. The average molecular weight is 625 g/mol. The van der Waals surface area contributed by atoms with Crippen molar-refractivity contribution in [3.8, 4) is 28.3 Å². The van der Waals surface area contributed by atoms with Gasteiger partial charge in [-0.05, 0) is 25.0 Å². The van der Waals surface area contributed by atoms with Crippen LogP contribution < -0.4 is 26.6 Å². The smallest absolute Gasteiger partial charge is 0.330 e. The Morgan fingerprint density at radius 3 is 2.40 bits per heavy atom. The zero-order valence-electron chi connectivity index (χ0n) is 23.9. The fourth-order valence-electron chi connectivity index (χ4n) is 5.01. The monoisotopic (exact) mass is 623 g/mol. The zero-order valence-corrected chi connectivity index (χ0v) is 25.5. The van der Waals surface area contributed by atoms with E-state index in [4.69, 9.17) is 37.7 Å². The summed E-state index contributed by atoms with van der Waals surface area (Å²) in [5.74, 6) is -0.191. The quantitative estimate of drug-likeness (QED) is 0.293. The van der Waals surface area contributed by atoms with Gasteiger partial charge in [0.05, 0.1) is 28.5 Å². The minimum absolute atomic E-state index is 0.197. The first-order valence-electron chi connectivity index (χ1n) is 13.7. The van der Waals surface area contributed by atoms with Crippen LogP contribution in [-0.2, 0) is 25.4 Å². The molecule has 5 rings (SSSR count). The lowest BCUT2D eigenvalue weighted by molar-refractivity contribution is 0.0775. The van der Waals surface area contributed by atoms with Crippen molar-refractivity contribution in [2.24, 2.45) is 14.1 Å². The summed E-state index contributed by atoms with van der Waals surface area (Å²) < 4.78 is 13.1. The number of nitrogens with zero attached hydrogens (tertiary/aromatic N) is 3. The highest BCUT2D eigenvalue weighted by Gasteiger charge is 2.20. The van der Waals surface area contributed by atoms with Crippen molar-refractivity contribution in [1.82, 2.24) is 19.4 Å². The molecule has 43 heavy (non-hydrogen) atoms. The van der Waals surface area contributed by atoms with Crippen molar-refractivity contribution in [1.29, 1.82) is 0 Å². The molecule has 0 radical (unpaired) electrons. The number of hydrogen-bond acceptors (Lipinski definition) is 7. The molecular weight excluding hydrogens is 593 g/mol. The van der Waals surface area contributed by atoms with E-state index in [0.717, 1.165) is 40.8 Å². The van der Waals surface area contributed by atoms with Crippen LogP contribution in [0.2, 0.25) is 10.0 Å². The van der Waals surface area contributed by atoms with E-state index in [9.17, 15) is 14.4 Å². The van der Waals surface area contributed by atoms with E-state index < -0.39 is 17.2 Å². The minimum atomic E-state index is -0.711. The number of pyridine rings is 1. The molecule has 2 aromatic heterocycles. The van der Waals surface area contributed by atoms with Crippen molar-refractivity contribution in [3.05, 3.63) is 96.7 Å². The van der Waals surface area contributed by atoms with Crippen molar-refractivity contribution in [2.45, 2.75) is 25.4 Å². The number of amides is 1. The van der Waals surface area contributed by atoms with Crippen molar-refractivity contribution in [2.75, 3.05) is 25.6 Å². The molecule has 224 valence electrons. The summed E-state index contributed by atoms with van der Waals surface area (Å²) in [5, 5.41) is 6.90. The second-order valence-corrected chi connectivity index (χ2v) is 11.0. The lowest BCUT2D eigenvalue weighted by Crippen LogP contribution is -2.40. The third-order valence-electron chi connectivity index (χ3n) is 7.44. The molecule has 0 spiro atoms. The number of carbonyl (C=O) groups excluding carboxylic acids is 1. The molecule has 0 bridgehead atoms. The maximum Gasteiger partial charge on any atom is 0.330 e. The fourth-order valence-corrected chi connectivity index (χ4v) is 5.61. The van der Waals surface area contributed by atoms with Crippen LogP contribution in [0.1, 0.15) is 28.8 Å². The maximum absolute atomic E-state index is 13.0. The molecular formula is C31H31Cl2N5O5. The highest BCUT2D eigenvalue weighted by atomic mass is 35.5. The van der Waals surface area contributed by atoms with Crippen LogP contribution in [0.4, 0.5) is 5.69 Å². The Morgan fingerprint density at radius 2 is 1.67 bits per heavy atom. The minimum Gasteiger partial charge on any atom is -0.481 e. The van der Waals surface area contributed by atoms with Gasteiger partial charge in [-0.1, -0.05) is 59.6 Å². The van der Waals surface area contributed by atoms with Crippen LogP contribution >= 0.6 is 23.2 Å². The third kappa shape index (κ3) is 6.37. The normalized spacial score (nSPS) is 13.6.